The average molecular weight is 271 g/mol. The highest BCUT2D eigenvalue weighted by Gasteiger charge is 2.05. The maximum atomic E-state index is 4.26. The van der Waals surface area contributed by atoms with Crippen molar-refractivity contribution in [3.8, 4) is 0 Å². The van der Waals surface area contributed by atoms with Crippen LogP contribution in [0.5, 0.6) is 0 Å². The van der Waals surface area contributed by atoms with Crippen molar-refractivity contribution in [1.82, 2.24) is 15.3 Å². The first kappa shape index (κ1) is 12.4. The normalized spacial score (nSPS) is 11.2. The molecular formula is C15H17N3S. The SMILES string of the molecule is Cc1cccc2[nH]cc(CCNCc3nccs3)c12. The van der Waals surface area contributed by atoms with E-state index < -0.39 is 0 Å². The second-order valence-corrected chi connectivity index (χ2v) is 5.64. The van der Waals surface area contributed by atoms with E-state index in [9.17, 15) is 0 Å². The molecule has 0 aliphatic heterocycles. The Bertz CT molecular complexity index is 655. The van der Waals surface area contributed by atoms with Crippen LogP contribution in [-0.4, -0.2) is 16.5 Å². The minimum Gasteiger partial charge on any atom is -0.361 e. The molecule has 4 heteroatoms. The number of H-pyrrole nitrogens is 1. The highest BCUT2D eigenvalue weighted by molar-refractivity contribution is 7.09. The molecule has 3 nitrogen and oxygen atoms in total. The van der Waals surface area contributed by atoms with Crippen LogP contribution in [0.25, 0.3) is 10.9 Å². The van der Waals surface area contributed by atoms with Crippen LogP contribution in [0.1, 0.15) is 16.1 Å². The van der Waals surface area contributed by atoms with Gasteiger partial charge < -0.3 is 10.3 Å². The molecule has 1 aromatic carbocycles. The van der Waals surface area contributed by atoms with Gasteiger partial charge in [0.25, 0.3) is 0 Å². The van der Waals surface area contributed by atoms with Crippen molar-refractivity contribution in [2.45, 2.75) is 19.9 Å². The van der Waals surface area contributed by atoms with E-state index in [4.69, 9.17) is 0 Å². The third kappa shape index (κ3) is 2.69. The molecule has 0 fully saturated rings. The number of hydrogen-bond donors (Lipinski definition) is 2. The van der Waals surface area contributed by atoms with Crippen molar-refractivity contribution in [2.75, 3.05) is 6.54 Å². The number of fused-ring (bicyclic) bond motifs is 1. The number of rotatable bonds is 5. The summed E-state index contributed by atoms with van der Waals surface area (Å²) in [6.45, 7) is 4.00. The first-order valence-corrected chi connectivity index (χ1v) is 7.37. The molecule has 0 aliphatic rings. The quantitative estimate of drug-likeness (QED) is 0.699. The van der Waals surface area contributed by atoms with Crippen molar-refractivity contribution >= 4 is 22.2 Å². The van der Waals surface area contributed by atoms with Gasteiger partial charge in [0.15, 0.2) is 0 Å². The van der Waals surface area contributed by atoms with Gasteiger partial charge in [-0.15, -0.1) is 11.3 Å². The Morgan fingerprint density at radius 2 is 2.32 bits per heavy atom. The van der Waals surface area contributed by atoms with Crippen molar-refractivity contribution in [2.24, 2.45) is 0 Å². The molecule has 0 aliphatic carbocycles. The molecule has 0 radical (unpaired) electrons. The molecule has 0 amide bonds. The van der Waals surface area contributed by atoms with Crippen molar-refractivity contribution in [1.29, 1.82) is 0 Å². The fraction of sp³-hybridized carbons (Fsp3) is 0.267. The van der Waals surface area contributed by atoms with Gasteiger partial charge >= 0.3 is 0 Å². The maximum Gasteiger partial charge on any atom is 0.106 e. The van der Waals surface area contributed by atoms with E-state index in [0.717, 1.165) is 24.5 Å². The molecule has 2 N–H and O–H groups in total. The summed E-state index contributed by atoms with van der Waals surface area (Å²) >= 11 is 1.70. The molecule has 0 bridgehead atoms. The zero-order valence-electron chi connectivity index (χ0n) is 10.9. The Kier molecular flexibility index (Phi) is 3.62. The summed E-state index contributed by atoms with van der Waals surface area (Å²) in [4.78, 5) is 7.61. The summed E-state index contributed by atoms with van der Waals surface area (Å²) in [6.07, 6.45) is 5.02. The lowest BCUT2D eigenvalue weighted by molar-refractivity contribution is 0.685. The summed E-state index contributed by atoms with van der Waals surface area (Å²) in [5.74, 6) is 0. The van der Waals surface area contributed by atoms with Gasteiger partial charge in [0.1, 0.15) is 5.01 Å². The fourth-order valence-corrected chi connectivity index (χ4v) is 2.99. The number of aryl methyl sites for hydroxylation is 1. The maximum absolute atomic E-state index is 4.26. The Hall–Kier alpha value is -1.65. The Morgan fingerprint density at radius 1 is 1.37 bits per heavy atom. The lowest BCUT2D eigenvalue weighted by Gasteiger charge is -2.03. The number of thiazole rings is 1. The van der Waals surface area contributed by atoms with E-state index in [1.807, 2.05) is 11.6 Å². The van der Waals surface area contributed by atoms with E-state index in [-0.39, 0.29) is 0 Å². The summed E-state index contributed by atoms with van der Waals surface area (Å²) < 4.78 is 0. The second-order valence-electron chi connectivity index (χ2n) is 4.66. The lowest BCUT2D eigenvalue weighted by Crippen LogP contribution is -2.16. The van der Waals surface area contributed by atoms with E-state index in [2.05, 4.69) is 46.6 Å². The third-order valence-electron chi connectivity index (χ3n) is 3.33. The van der Waals surface area contributed by atoms with Crippen LogP contribution in [0, 0.1) is 6.92 Å². The average Bonchev–Trinajstić information content (AvgIpc) is 3.05. The molecular weight excluding hydrogens is 254 g/mol. The van der Waals surface area contributed by atoms with Gasteiger partial charge in [-0.1, -0.05) is 12.1 Å². The zero-order valence-corrected chi connectivity index (χ0v) is 11.8. The molecule has 2 heterocycles. The monoisotopic (exact) mass is 271 g/mol. The van der Waals surface area contributed by atoms with E-state index in [1.165, 1.54) is 22.0 Å². The number of aromatic nitrogens is 2. The van der Waals surface area contributed by atoms with Crippen LogP contribution in [0.15, 0.2) is 36.0 Å². The molecule has 0 atom stereocenters. The highest BCUT2D eigenvalue weighted by atomic mass is 32.1. The van der Waals surface area contributed by atoms with Crippen LogP contribution in [0.2, 0.25) is 0 Å². The molecule has 0 saturated heterocycles. The number of benzene rings is 1. The van der Waals surface area contributed by atoms with Crippen molar-refractivity contribution in [3.05, 3.63) is 52.1 Å². The standard InChI is InChI=1S/C15H17N3S/c1-11-3-2-4-13-15(11)12(9-18-13)5-6-16-10-14-17-7-8-19-14/h2-4,7-9,16,18H,5-6,10H2,1H3. The number of hydrogen-bond acceptors (Lipinski definition) is 3. The first-order chi connectivity index (χ1) is 9.34. The number of nitrogens with zero attached hydrogens (tertiary/aromatic N) is 1. The van der Waals surface area contributed by atoms with Crippen molar-refractivity contribution < 1.29 is 0 Å². The van der Waals surface area contributed by atoms with Gasteiger partial charge in [0, 0.05) is 35.2 Å². The van der Waals surface area contributed by atoms with E-state index >= 15 is 0 Å². The van der Waals surface area contributed by atoms with Crippen LogP contribution in [0.4, 0.5) is 0 Å². The highest BCUT2D eigenvalue weighted by Crippen LogP contribution is 2.22. The Balaban J connectivity index is 1.62. The molecule has 3 aromatic rings. The molecule has 0 unspecified atom stereocenters. The van der Waals surface area contributed by atoms with Crippen LogP contribution in [0.3, 0.4) is 0 Å². The van der Waals surface area contributed by atoms with Gasteiger partial charge in [0.05, 0.1) is 0 Å². The molecule has 2 aromatic heterocycles. The van der Waals surface area contributed by atoms with E-state index in [1.54, 1.807) is 11.3 Å². The molecule has 19 heavy (non-hydrogen) atoms. The van der Waals surface area contributed by atoms with Crippen LogP contribution < -0.4 is 5.32 Å². The van der Waals surface area contributed by atoms with Crippen molar-refractivity contribution in [3.63, 3.8) is 0 Å². The predicted octanol–water partition coefficient (Wildman–Crippen LogP) is 3.27. The molecule has 0 saturated carbocycles. The number of aromatic amines is 1. The third-order valence-corrected chi connectivity index (χ3v) is 4.11. The summed E-state index contributed by atoms with van der Waals surface area (Å²) in [6, 6.07) is 6.40. The van der Waals surface area contributed by atoms with Gasteiger partial charge in [-0.05, 0) is 37.1 Å². The minimum atomic E-state index is 0.860. The minimum absolute atomic E-state index is 0.860. The molecule has 3 rings (SSSR count). The predicted molar refractivity (Wildman–Crippen MR) is 80.6 cm³/mol. The largest absolute Gasteiger partial charge is 0.361 e. The van der Waals surface area contributed by atoms with Gasteiger partial charge in [-0.3, -0.25) is 0 Å². The van der Waals surface area contributed by atoms with Crippen LogP contribution in [-0.2, 0) is 13.0 Å². The second kappa shape index (κ2) is 5.55. The topological polar surface area (TPSA) is 40.7 Å². The lowest BCUT2D eigenvalue weighted by atomic mass is 10.1. The van der Waals surface area contributed by atoms with Gasteiger partial charge in [-0.25, -0.2) is 4.98 Å². The number of nitrogens with one attached hydrogen (secondary N) is 2. The summed E-state index contributed by atoms with van der Waals surface area (Å²) in [7, 11) is 0. The molecule has 0 spiro atoms. The Labute approximate surface area is 116 Å². The summed E-state index contributed by atoms with van der Waals surface area (Å²) in [5.41, 5.74) is 3.96. The fourth-order valence-electron chi connectivity index (χ4n) is 2.41. The zero-order chi connectivity index (χ0) is 13.1. The first-order valence-electron chi connectivity index (χ1n) is 6.49. The van der Waals surface area contributed by atoms with Gasteiger partial charge in [-0.2, -0.15) is 0 Å². The Morgan fingerprint density at radius 3 is 3.16 bits per heavy atom. The summed E-state index contributed by atoms with van der Waals surface area (Å²) in [5, 5.41) is 7.98. The molecule has 98 valence electrons. The smallest absolute Gasteiger partial charge is 0.106 e. The van der Waals surface area contributed by atoms with Crippen LogP contribution >= 0.6 is 11.3 Å². The van der Waals surface area contributed by atoms with E-state index in [0.29, 0.717) is 0 Å². The van der Waals surface area contributed by atoms with Gasteiger partial charge in [0.2, 0.25) is 0 Å².